The highest BCUT2D eigenvalue weighted by atomic mass is 16.6. The number of carbonyl (C=O) groups excluding carboxylic acids is 1. The number of hydrogen-bond acceptors (Lipinski definition) is 4. The number of oxime groups is 1. The summed E-state index contributed by atoms with van der Waals surface area (Å²) in [5, 5.41) is 8.32. The van der Waals surface area contributed by atoms with Crippen molar-refractivity contribution in [3.05, 3.63) is 47.7 Å². The Morgan fingerprint density at radius 2 is 2.04 bits per heavy atom. The van der Waals surface area contributed by atoms with Gasteiger partial charge >= 0.3 is 0 Å². The number of amides is 1. The fourth-order valence-corrected chi connectivity index (χ4v) is 2.85. The van der Waals surface area contributed by atoms with Crippen molar-refractivity contribution >= 4 is 17.9 Å². The highest BCUT2D eigenvalue weighted by Gasteiger charge is 2.32. The number of anilines is 1. The van der Waals surface area contributed by atoms with Gasteiger partial charge < -0.3 is 4.84 Å². The number of piperidine rings is 1. The van der Waals surface area contributed by atoms with Gasteiger partial charge in [0.15, 0.2) is 5.82 Å². The van der Waals surface area contributed by atoms with E-state index in [-0.39, 0.29) is 5.91 Å². The first-order valence-corrected chi connectivity index (χ1v) is 8.65. The lowest BCUT2D eigenvalue weighted by Gasteiger charge is -2.29. The first kappa shape index (κ1) is 17.2. The molecule has 3 rings (SSSR count). The molecule has 0 bridgehead atoms. The molecule has 25 heavy (non-hydrogen) atoms. The van der Waals surface area contributed by atoms with Crippen LogP contribution in [-0.2, 0) is 16.7 Å². The maximum atomic E-state index is 12.6. The van der Waals surface area contributed by atoms with E-state index in [4.69, 9.17) is 4.84 Å². The monoisotopic (exact) mass is 340 g/mol. The summed E-state index contributed by atoms with van der Waals surface area (Å²) in [5.41, 5.74) is 2.24. The van der Waals surface area contributed by atoms with E-state index in [1.165, 1.54) is 5.56 Å². The van der Waals surface area contributed by atoms with Crippen LogP contribution in [0.3, 0.4) is 0 Å². The summed E-state index contributed by atoms with van der Waals surface area (Å²) in [5.74, 6) is 1.07. The smallest absolute Gasteiger partial charge is 0.272 e. The average molecular weight is 340 g/mol. The second-order valence-corrected chi connectivity index (χ2v) is 6.63. The number of benzene rings is 1. The number of rotatable bonds is 5. The second-order valence-electron chi connectivity index (χ2n) is 6.63. The van der Waals surface area contributed by atoms with Gasteiger partial charge in [-0.05, 0) is 29.9 Å². The van der Waals surface area contributed by atoms with Gasteiger partial charge in [0, 0.05) is 25.9 Å². The number of hydrogen-bond donors (Lipinski definition) is 0. The number of aryl methyl sites for hydroxylation is 1. The Hall–Kier alpha value is -2.63. The zero-order valence-electron chi connectivity index (χ0n) is 14.9. The Morgan fingerprint density at radius 1 is 1.28 bits per heavy atom. The lowest BCUT2D eigenvalue weighted by Crippen LogP contribution is -2.45. The third-order valence-electron chi connectivity index (χ3n) is 4.36. The maximum absolute atomic E-state index is 12.6. The van der Waals surface area contributed by atoms with E-state index < -0.39 is 6.10 Å². The molecule has 2 heterocycles. The van der Waals surface area contributed by atoms with Crippen LogP contribution in [-0.4, -0.2) is 34.6 Å². The molecule has 1 aromatic carbocycles. The van der Waals surface area contributed by atoms with Crippen molar-refractivity contribution in [3.63, 3.8) is 0 Å². The Labute approximate surface area is 148 Å². The van der Waals surface area contributed by atoms with E-state index in [0.717, 1.165) is 12.0 Å². The number of carbonyl (C=O) groups is 1. The van der Waals surface area contributed by atoms with Crippen molar-refractivity contribution in [1.29, 1.82) is 0 Å². The van der Waals surface area contributed by atoms with Crippen LogP contribution >= 0.6 is 0 Å². The molecule has 1 aliphatic heterocycles. The van der Waals surface area contributed by atoms with E-state index in [1.54, 1.807) is 15.8 Å². The average Bonchev–Trinajstić information content (AvgIpc) is 3.03. The molecule has 1 fully saturated rings. The van der Waals surface area contributed by atoms with Gasteiger partial charge in [0.05, 0.1) is 6.21 Å². The normalized spacial score (nSPS) is 18.3. The molecule has 132 valence electrons. The van der Waals surface area contributed by atoms with Crippen LogP contribution in [0.2, 0.25) is 0 Å². The topological polar surface area (TPSA) is 59.7 Å². The van der Waals surface area contributed by atoms with Gasteiger partial charge in [-0.3, -0.25) is 14.4 Å². The largest absolute Gasteiger partial charge is 0.382 e. The summed E-state index contributed by atoms with van der Waals surface area (Å²) >= 11 is 0. The molecule has 1 amide bonds. The molecule has 1 atom stereocenters. The first-order valence-electron chi connectivity index (χ1n) is 8.65. The maximum Gasteiger partial charge on any atom is 0.272 e. The van der Waals surface area contributed by atoms with Crippen molar-refractivity contribution in [2.45, 2.75) is 38.7 Å². The van der Waals surface area contributed by atoms with Crippen molar-refractivity contribution in [1.82, 2.24) is 9.78 Å². The molecule has 6 heteroatoms. The van der Waals surface area contributed by atoms with Gasteiger partial charge in [-0.25, -0.2) is 0 Å². The molecule has 0 N–H and O–H groups in total. The molecule has 1 saturated heterocycles. The van der Waals surface area contributed by atoms with E-state index in [0.29, 0.717) is 24.7 Å². The Bertz CT molecular complexity index is 749. The van der Waals surface area contributed by atoms with Crippen LogP contribution in [0.15, 0.2) is 41.7 Å². The summed E-state index contributed by atoms with van der Waals surface area (Å²) in [7, 11) is 1.83. The van der Waals surface area contributed by atoms with Gasteiger partial charge in [0.2, 0.25) is 6.10 Å². The zero-order valence-corrected chi connectivity index (χ0v) is 14.9. The number of aromatic nitrogens is 2. The molecule has 1 aliphatic rings. The summed E-state index contributed by atoms with van der Waals surface area (Å²) in [6.45, 7) is 4.98. The molecular weight excluding hydrogens is 316 g/mol. The Morgan fingerprint density at radius 3 is 2.68 bits per heavy atom. The van der Waals surface area contributed by atoms with E-state index in [1.807, 2.05) is 31.4 Å². The molecule has 1 aromatic heterocycles. The second kappa shape index (κ2) is 7.51. The van der Waals surface area contributed by atoms with E-state index >= 15 is 0 Å². The van der Waals surface area contributed by atoms with E-state index in [2.05, 4.69) is 36.2 Å². The van der Waals surface area contributed by atoms with Gasteiger partial charge in [-0.2, -0.15) is 5.10 Å². The Kier molecular flexibility index (Phi) is 5.16. The molecule has 6 nitrogen and oxygen atoms in total. The SMILES string of the molecule is CC(C)c1ccc(C=NOC2CCCN(c3ccn(C)n3)C2=O)cc1. The standard InChI is InChI=1S/C19H24N4O2/c1-14(2)16-8-6-15(7-9-16)13-20-25-17-5-4-11-23(19(17)24)18-10-12-22(3)21-18/h6-10,12-14,17H,4-5,11H2,1-3H3. The molecule has 0 radical (unpaired) electrons. The van der Waals surface area contributed by atoms with Crippen LogP contribution in [0.5, 0.6) is 0 Å². The zero-order chi connectivity index (χ0) is 17.8. The number of nitrogens with zero attached hydrogens (tertiary/aromatic N) is 4. The predicted octanol–water partition coefficient (Wildman–Crippen LogP) is 3.09. The van der Waals surface area contributed by atoms with Crippen LogP contribution < -0.4 is 4.90 Å². The lowest BCUT2D eigenvalue weighted by molar-refractivity contribution is -0.132. The van der Waals surface area contributed by atoms with Crippen LogP contribution in [0.25, 0.3) is 0 Å². The lowest BCUT2D eigenvalue weighted by atomic mass is 10.0. The van der Waals surface area contributed by atoms with Crippen molar-refractivity contribution < 1.29 is 9.63 Å². The highest BCUT2D eigenvalue weighted by Crippen LogP contribution is 2.21. The fraction of sp³-hybridized carbons (Fsp3) is 0.421. The summed E-state index contributed by atoms with van der Waals surface area (Å²) < 4.78 is 1.69. The molecule has 2 aromatic rings. The molecule has 0 spiro atoms. The van der Waals surface area contributed by atoms with Crippen LogP contribution in [0, 0.1) is 0 Å². The molecule has 1 unspecified atom stereocenters. The van der Waals surface area contributed by atoms with Crippen LogP contribution in [0.1, 0.15) is 43.7 Å². The molecule has 0 saturated carbocycles. The summed E-state index contributed by atoms with van der Waals surface area (Å²) in [6.07, 6.45) is 4.46. The quantitative estimate of drug-likeness (QED) is 0.621. The van der Waals surface area contributed by atoms with Gasteiger partial charge in [-0.1, -0.05) is 43.3 Å². The third-order valence-corrected chi connectivity index (χ3v) is 4.36. The Balaban J connectivity index is 1.61. The predicted molar refractivity (Wildman–Crippen MR) is 97.8 cm³/mol. The minimum absolute atomic E-state index is 0.0859. The summed E-state index contributed by atoms with van der Waals surface area (Å²) in [6, 6.07) is 10.0. The third kappa shape index (κ3) is 4.07. The molecular formula is C19H24N4O2. The van der Waals surface area contributed by atoms with E-state index in [9.17, 15) is 4.79 Å². The minimum Gasteiger partial charge on any atom is -0.382 e. The fourth-order valence-electron chi connectivity index (χ4n) is 2.85. The highest BCUT2D eigenvalue weighted by molar-refractivity contribution is 5.96. The van der Waals surface area contributed by atoms with Crippen molar-refractivity contribution in [2.75, 3.05) is 11.4 Å². The summed E-state index contributed by atoms with van der Waals surface area (Å²) in [4.78, 5) is 19.7. The van der Waals surface area contributed by atoms with Crippen molar-refractivity contribution in [2.24, 2.45) is 12.2 Å². The molecule has 0 aliphatic carbocycles. The van der Waals surface area contributed by atoms with Gasteiger partial charge in [0.1, 0.15) is 0 Å². The minimum atomic E-state index is -0.554. The van der Waals surface area contributed by atoms with Crippen LogP contribution in [0.4, 0.5) is 5.82 Å². The van der Waals surface area contributed by atoms with Gasteiger partial charge in [-0.15, -0.1) is 0 Å². The first-order chi connectivity index (χ1) is 12.0. The van der Waals surface area contributed by atoms with Gasteiger partial charge in [0.25, 0.3) is 5.91 Å². The van der Waals surface area contributed by atoms with Crippen molar-refractivity contribution in [3.8, 4) is 0 Å².